The van der Waals surface area contributed by atoms with Crippen molar-refractivity contribution in [1.29, 1.82) is 0 Å². The Labute approximate surface area is 95.1 Å². The molecule has 0 aliphatic rings. The van der Waals surface area contributed by atoms with E-state index in [0.717, 1.165) is 30.7 Å². The van der Waals surface area contributed by atoms with Gasteiger partial charge in [-0.15, -0.1) is 0 Å². The minimum Gasteiger partial charge on any atom is -0.318 e. The third-order valence-electron chi connectivity index (χ3n) is 2.41. The number of likely N-dealkylation sites (N-methyl/N-ethyl adjacent to an activating group) is 1. The van der Waals surface area contributed by atoms with E-state index in [9.17, 15) is 0 Å². The molecule has 84 valence electrons. The van der Waals surface area contributed by atoms with Crippen LogP contribution in [0.2, 0.25) is 0 Å². The predicted octanol–water partition coefficient (Wildman–Crippen LogP) is 0.939. The highest BCUT2D eigenvalue weighted by Crippen LogP contribution is 2.10. The maximum atomic E-state index is 4.28. The van der Waals surface area contributed by atoms with Gasteiger partial charge in [-0.25, -0.2) is 0 Å². The van der Waals surface area contributed by atoms with Gasteiger partial charge in [0.15, 0.2) is 0 Å². The van der Waals surface area contributed by atoms with Crippen molar-refractivity contribution in [3.63, 3.8) is 0 Å². The molecule has 4 heteroatoms. The van der Waals surface area contributed by atoms with Crippen LogP contribution in [-0.2, 0) is 6.54 Å². The Morgan fingerprint density at radius 3 is 2.69 bits per heavy atom. The van der Waals surface area contributed by atoms with E-state index in [4.69, 9.17) is 0 Å². The first-order valence-electron chi connectivity index (χ1n) is 5.45. The van der Waals surface area contributed by atoms with Gasteiger partial charge in [0.05, 0.1) is 11.0 Å². The zero-order chi connectivity index (χ0) is 11.2. The van der Waals surface area contributed by atoms with Gasteiger partial charge in [0.1, 0.15) is 0 Å². The molecule has 0 radical (unpaired) electrons. The SMILES string of the molecule is CNCCNCc1ccc2nccnc2c1. The van der Waals surface area contributed by atoms with Crippen molar-refractivity contribution < 1.29 is 0 Å². The number of nitrogens with zero attached hydrogens (tertiary/aromatic N) is 2. The van der Waals surface area contributed by atoms with Crippen LogP contribution < -0.4 is 10.6 Å². The summed E-state index contributed by atoms with van der Waals surface area (Å²) in [5.41, 5.74) is 3.14. The topological polar surface area (TPSA) is 49.8 Å². The minimum atomic E-state index is 0.869. The Morgan fingerprint density at radius 1 is 1.06 bits per heavy atom. The molecule has 0 fully saturated rings. The van der Waals surface area contributed by atoms with E-state index in [2.05, 4.69) is 32.7 Å². The van der Waals surface area contributed by atoms with Gasteiger partial charge in [-0.05, 0) is 24.7 Å². The highest BCUT2D eigenvalue weighted by molar-refractivity contribution is 5.74. The number of hydrogen-bond donors (Lipinski definition) is 2. The van der Waals surface area contributed by atoms with E-state index >= 15 is 0 Å². The molecule has 2 rings (SSSR count). The molecule has 1 aromatic heterocycles. The molecule has 0 bridgehead atoms. The summed E-state index contributed by atoms with van der Waals surface area (Å²) in [6.07, 6.45) is 3.44. The molecule has 2 N–H and O–H groups in total. The first-order valence-corrected chi connectivity index (χ1v) is 5.45. The van der Waals surface area contributed by atoms with E-state index in [1.54, 1.807) is 12.4 Å². The third-order valence-corrected chi connectivity index (χ3v) is 2.41. The molecule has 0 atom stereocenters. The summed E-state index contributed by atoms with van der Waals surface area (Å²) >= 11 is 0. The van der Waals surface area contributed by atoms with Gasteiger partial charge in [0.2, 0.25) is 0 Å². The van der Waals surface area contributed by atoms with Crippen LogP contribution in [0.25, 0.3) is 11.0 Å². The summed E-state index contributed by atoms with van der Waals surface area (Å²) < 4.78 is 0. The number of fused-ring (bicyclic) bond motifs is 1. The molecule has 1 heterocycles. The van der Waals surface area contributed by atoms with Crippen molar-refractivity contribution in [3.05, 3.63) is 36.2 Å². The maximum Gasteiger partial charge on any atom is 0.0890 e. The summed E-state index contributed by atoms with van der Waals surface area (Å²) in [6.45, 7) is 2.82. The van der Waals surface area contributed by atoms with Crippen LogP contribution in [0.4, 0.5) is 0 Å². The monoisotopic (exact) mass is 216 g/mol. The molecule has 0 saturated carbocycles. The summed E-state index contributed by atoms with van der Waals surface area (Å²) in [5.74, 6) is 0. The van der Waals surface area contributed by atoms with Crippen LogP contribution in [0.15, 0.2) is 30.6 Å². The molecule has 0 unspecified atom stereocenters. The molecular formula is C12H16N4. The highest BCUT2D eigenvalue weighted by Gasteiger charge is 1.97. The average molecular weight is 216 g/mol. The van der Waals surface area contributed by atoms with Gasteiger partial charge >= 0.3 is 0 Å². The standard InChI is InChI=1S/C12H16N4/c1-13-4-5-14-9-10-2-3-11-12(8-10)16-7-6-15-11/h2-3,6-8,13-14H,4-5,9H2,1H3. The largest absolute Gasteiger partial charge is 0.318 e. The van der Waals surface area contributed by atoms with Crippen molar-refractivity contribution in [1.82, 2.24) is 20.6 Å². The van der Waals surface area contributed by atoms with Crippen molar-refractivity contribution in [2.24, 2.45) is 0 Å². The predicted molar refractivity (Wildman–Crippen MR) is 65.2 cm³/mol. The lowest BCUT2D eigenvalue weighted by atomic mass is 10.2. The highest BCUT2D eigenvalue weighted by atomic mass is 14.9. The second-order valence-electron chi connectivity index (χ2n) is 3.66. The Morgan fingerprint density at radius 2 is 1.88 bits per heavy atom. The van der Waals surface area contributed by atoms with Gasteiger partial charge in [0.25, 0.3) is 0 Å². The van der Waals surface area contributed by atoms with Crippen molar-refractivity contribution in [2.75, 3.05) is 20.1 Å². The summed E-state index contributed by atoms with van der Waals surface area (Å²) in [4.78, 5) is 8.52. The first-order chi connectivity index (χ1) is 7.90. The minimum absolute atomic E-state index is 0.869. The second-order valence-corrected chi connectivity index (χ2v) is 3.66. The van der Waals surface area contributed by atoms with Crippen LogP contribution in [0, 0.1) is 0 Å². The van der Waals surface area contributed by atoms with Crippen molar-refractivity contribution >= 4 is 11.0 Å². The zero-order valence-electron chi connectivity index (χ0n) is 9.40. The molecule has 1 aromatic carbocycles. The van der Waals surface area contributed by atoms with Crippen LogP contribution in [0.1, 0.15) is 5.56 Å². The van der Waals surface area contributed by atoms with Gasteiger partial charge in [-0.1, -0.05) is 6.07 Å². The molecule has 0 saturated heterocycles. The average Bonchev–Trinajstić information content (AvgIpc) is 2.34. The number of hydrogen-bond acceptors (Lipinski definition) is 4. The van der Waals surface area contributed by atoms with E-state index in [-0.39, 0.29) is 0 Å². The maximum absolute atomic E-state index is 4.28. The molecule has 0 amide bonds. The summed E-state index contributed by atoms with van der Waals surface area (Å²) in [5, 5.41) is 6.46. The van der Waals surface area contributed by atoms with E-state index in [1.807, 2.05) is 13.1 Å². The van der Waals surface area contributed by atoms with Gasteiger partial charge in [-0.2, -0.15) is 0 Å². The zero-order valence-corrected chi connectivity index (χ0v) is 9.40. The van der Waals surface area contributed by atoms with Crippen LogP contribution in [0.3, 0.4) is 0 Å². The Kier molecular flexibility index (Phi) is 3.80. The molecule has 4 nitrogen and oxygen atoms in total. The third kappa shape index (κ3) is 2.74. The first kappa shape index (κ1) is 11.0. The molecule has 2 aromatic rings. The van der Waals surface area contributed by atoms with Crippen LogP contribution in [0.5, 0.6) is 0 Å². The van der Waals surface area contributed by atoms with E-state index in [0.29, 0.717) is 0 Å². The Balaban J connectivity index is 2.02. The Hall–Kier alpha value is -1.52. The van der Waals surface area contributed by atoms with Crippen molar-refractivity contribution in [2.45, 2.75) is 6.54 Å². The van der Waals surface area contributed by atoms with Crippen molar-refractivity contribution in [3.8, 4) is 0 Å². The fraction of sp³-hybridized carbons (Fsp3) is 0.333. The molecule has 16 heavy (non-hydrogen) atoms. The van der Waals surface area contributed by atoms with E-state index in [1.165, 1.54) is 5.56 Å². The van der Waals surface area contributed by atoms with E-state index < -0.39 is 0 Å². The fourth-order valence-corrected chi connectivity index (χ4v) is 1.56. The number of benzene rings is 1. The van der Waals surface area contributed by atoms with Crippen LogP contribution in [-0.4, -0.2) is 30.1 Å². The normalized spacial score (nSPS) is 10.8. The smallest absolute Gasteiger partial charge is 0.0890 e. The van der Waals surface area contributed by atoms with Gasteiger partial charge < -0.3 is 10.6 Å². The molecule has 0 aliphatic heterocycles. The van der Waals surface area contributed by atoms with Crippen LogP contribution >= 0.6 is 0 Å². The molecule has 0 aliphatic carbocycles. The lowest BCUT2D eigenvalue weighted by Crippen LogP contribution is -2.24. The molecular weight excluding hydrogens is 200 g/mol. The summed E-state index contributed by atoms with van der Waals surface area (Å²) in [7, 11) is 1.95. The van der Waals surface area contributed by atoms with Gasteiger partial charge in [-0.3, -0.25) is 9.97 Å². The second kappa shape index (κ2) is 5.53. The number of nitrogens with one attached hydrogen (secondary N) is 2. The summed E-state index contributed by atoms with van der Waals surface area (Å²) in [6, 6.07) is 6.18. The number of rotatable bonds is 5. The molecule has 0 spiro atoms. The quantitative estimate of drug-likeness (QED) is 0.730. The number of aromatic nitrogens is 2. The Bertz CT molecular complexity index is 455. The van der Waals surface area contributed by atoms with Gasteiger partial charge in [0, 0.05) is 32.0 Å². The lowest BCUT2D eigenvalue weighted by Gasteiger charge is -2.05. The fourth-order valence-electron chi connectivity index (χ4n) is 1.56. The lowest BCUT2D eigenvalue weighted by molar-refractivity contribution is 0.651.